The molecule has 1 saturated heterocycles. The van der Waals surface area contributed by atoms with E-state index in [-0.39, 0.29) is 11.9 Å². The molecule has 1 aromatic heterocycles. The molecule has 0 amide bonds. The van der Waals surface area contributed by atoms with Crippen LogP contribution in [0.4, 0.5) is 0 Å². The van der Waals surface area contributed by atoms with Crippen LogP contribution < -0.4 is 0 Å². The highest BCUT2D eigenvalue weighted by Crippen LogP contribution is 2.37. The van der Waals surface area contributed by atoms with Gasteiger partial charge in [-0.25, -0.2) is 0 Å². The number of carbonyl (C=O) groups is 1. The molecule has 4 rings (SSSR count). The van der Waals surface area contributed by atoms with Gasteiger partial charge in [-0.3, -0.25) is 9.78 Å². The summed E-state index contributed by atoms with van der Waals surface area (Å²) in [4.78, 5) is 15.4. The Hall–Kier alpha value is -2.56. The second kappa shape index (κ2) is 5.57. The maximum Gasteiger partial charge on any atom is 0.209 e. The van der Waals surface area contributed by atoms with Crippen LogP contribution in [-0.2, 0) is 14.3 Å². The Balaban J connectivity index is 1.53. The molecule has 23 heavy (non-hydrogen) atoms. The Bertz CT molecular complexity index is 762. The van der Waals surface area contributed by atoms with E-state index >= 15 is 0 Å². The number of ether oxygens (including phenoxy) is 2. The topological polar surface area (TPSA) is 48.4 Å². The van der Waals surface area contributed by atoms with Crippen molar-refractivity contribution in [3.8, 4) is 11.1 Å². The van der Waals surface area contributed by atoms with Gasteiger partial charge >= 0.3 is 0 Å². The van der Waals surface area contributed by atoms with Gasteiger partial charge in [0.1, 0.15) is 6.10 Å². The van der Waals surface area contributed by atoms with Crippen LogP contribution in [-0.4, -0.2) is 23.2 Å². The first-order chi connectivity index (χ1) is 11.2. The van der Waals surface area contributed by atoms with E-state index in [0.29, 0.717) is 6.61 Å². The first-order valence-corrected chi connectivity index (χ1v) is 7.49. The van der Waals surface area contributed by atoms with Gasteiger partial charge in [0.05, 0.1) is 6.61 Å². The Kier molecular flexibility index (Phi) is 3.41. The number of benzene rings is 1. The average molecular weight is 305 g/mol. The molecular formula is C19H15NO3. The molecule has 2 aromatic rings. The molecule has 1 aliphatic carbocycles. The molecular weight excluding hydrogens is 290 g/mol. The van der Waals surface area contributed by atoms with Crippen molar-refractivity contribution in [2.75, 3.05) is 6.61 Å². The molecule has 0 saturated carbocycles. The summed E-state index contributed by atoms with van der Waals surface area (Å²) < 4.78 is 11.8. The summed E-state index contributed by atoms with van der Waals surface area (Å²) in [6.45, 7) is 0.453. The standard InChI is InChI=1S/C19H15NO3/c21-17-7-9-19(10-8-17)22-13-18(23-19)15-5-3-14(4-6-15)16-2-1-11-20-12-16/h1-12,18H,13H2. The molecule has 1 spiro atoms. The first-order valence-electron chi connectivity index (χ1n) is 7.49. The number of carbonyl (C=O) groups excluding carboxylic acids is 1. The Morgan fingerprint density at radius 1 is 1.04 bits per heavy atom. The quantitative estimate of drug-likeness (QED) is 0.854. The molecule has 1 atom stereocenters. The highest BCUT2D eigenvalue weighted by molar-refractivity contribution is 6.00. The average Bonchev–Trinajstić information content (AvgIpc) is 3.03. The molecule has 0 radical (unpaired) electrons. The summed E-state index contributed by atoms with van der Waals surface area (Å²) in [7, 11) is 0. The predicted molar refractivity (Wildman–Crippen MR) is 85.5 cm³/mol. The van der Waals surface area contributed by atoms with E-state index in [1.165, 1.54) is 12.2 Å². The number of pyridine rings is 1. The maximum absolute atomic E-state index is 11.2. The van der Waals surface area contributed by atoms with Crippen molar-refractivity contribution in [1.82, 2.24) is 4.98 Å². The number of allylic oxidation sites excluding steroid dienone is 2. The number of ketones is 1. The summed E-state index contributed by atoms with van der Waals surface area (Å²) >= 11 is 0. The first kappa shape index (κ1) is 14.1. The lowest BCUT2D eigenvalue weighted by Gasteiger charge is -2.22. The van der Waals surface area contributed by atoms with Crippen LogP contribution in [0.25, 0.3) is 11.1 Å². The van der Waals surface area contributed by atoms with E-state index < -0.39 is 5.79 Å². The number of hydrogen-bond acceptors (Lipinski definition) is 4. The second-order valence-corrected chi connectivity index (χ2v) is 5.57. The predicted octanol–water partition coefficient (Wildman–Crippen LogP) is 3.23. The number of nitrogens with zero attached hydrogens (tertiary/aromatic N) is 1. The van der Waals surface area contributed by atoms with Crippen LogP contribution in [0.1, 0.15) is 11.7 Å². The van der Waals surface area contributed by atoms with Crippen LogP contribution in [0, 0.1) is 0 Å². The lowest BCUT2D eigenvalue weighted by molar-refractivity contribution is -0.113. The highest BCUT2D eigenvalue weighted by atomic mass is 16.7. The minimum atomic E-state index is -0.902. The lowest BCUT2D eigenvalue weighted by Crippen LogP contribution is -2.27. The third-order valence-corrected chi connectivity index (χ3v) is 4.02. The van der Waals surface area contributed by atoms with E-state index in [2.05, 4.69) is 17.1 Å². The van der Waals surface area contributed by atoms with E-state index in [1.807, 2.05) is 30.5 Å². The van der Waals surface area contributed by atoms with Crippen LogP contribution in [0.5, 0.6) is 0 Å². The monoisotopic (exact) mass is 305 g/mol. The van der Waals surface area contributed by atoms with Crippen LogP contribution >= 0.6 is 0 Å². The zero-order valence-electron chi connectivity index (χ0n) is 12.4. The Morgan fingerprint density at radius 3 is 2.52 bits per heavy atom. The van der Waals surface area contributed by atoms with Crippen molar-refractivity contribution < 1.29 is 14.3 Å². The summed E-state index contributed by atoms with van der Waals surface area (Å²) in [5.41, 5.74) is 3.24. The molecule has 0 bridgehead atoms. The molecule has 1 fully saturated rings. The van der Waals surface area contributed by atoms with E-state index in [9.17, 15) is 4.79 Å². The number of rotatable bonds is 2. The fourth-order valence-corrected chi connectivity index (χ4v) is 2.77. The second-order valence-electron chi connectivity index (χ2n) is 5.57. The minimum Gasteiger partial charge on any atom is -0.340 e. The molecule has 4 nitrogen and oxygen atoms in total. The van der Waals surface area contributed by atoms with Gasteiger partial charge in [-0.15, -0.1) is 0 Å². The fourth-order valence-electron chi connectivity index (χ4n) is 2.77. The Labute approximate surface area is 134 Å². The summed E-state index contributed by atoms with van der Waals surface area (Å²) in [6, 6.07) is 12.1. The van der Waals surface area contributed by atoms with Gasteiger partial charge in [-0.1, -0.05) is 30.3 Å². The van der Waals surface area contributed by atoms with Gasteiger partial charge in [0.2, 0.25) is 5.79 Å². The third kappa shape index (κ3) is 2.74. The maximum atomic E-state index is 11.2. The highest BCUT2D eigenvalue weighted by Gasteiger charge is 2.39. The van der Waals surface area contributed by atoms with Crippen LogP contribution in [0.2, 0.25) is 0 Å². The molecule has 0 N–H and O–H groups in total. The largest absolute Gasteiger partial charge is 0.340 e. The molecule has 114 valence electrons. The minimum absolute atomic E-state index is 0.0490. The van der Waals surface area contributed by atoms with Crippen molar-refractivity contribution in [2.45, 2.75) is 11.9 Å². The molecule has 2 aliphatic rings. The molecule has 1 aromatic carbocycles. The van der Waals surface area contributed by atoms with Crippen molar-refractivity contribution in [2.24, 2.45) is 0 Å². The number of hydrogen-bond donors (Lipinski definition) is 0. The van der Waals surface area contributed by atoms with Crippen LogP contribution in [0.3, 0.4) is 0 Å². The van der Waals surface area contributed by atoms with Gasteiger partial charge in [-0.05, 0) is 47.1 Å². The molecule has 2 heterocycles. The Morgan fingerprint density at radius 2 is 1.83 bits per heavy atom. The van der Waals surface area contributed by atoms with E-state index in [0.717, 1.165) is 16.7 Å². The summed E-state index contributed by atoms with van der Waals surface area (Å²) in [6.07, 6.45) is 9.74. The lowest BCUT2D eigenvalue weighted by atomic mass is 10.0. The van der Waals surface area contributed by atoms with Crippen LogP contribution in [0.15, 0.2) is 73.1 Å². The SMILES string of the molecule is O=C1C=CC2(C=C1)OCC(c1ccc(-c3cccnc3)cc1)O2. The summed E-state index contributed by atoms with van der Waals surface area (Å²) in [5, 5.41) is 0. The third-order valence-electron chi connectivity index (χ3n) is 4.02. The van der Waals surface area contributed by atoms with Gasteiger partial charge in [0.25, 0.3) is 0 Å². The van der Waals surface area contributed by atoms with Crippen molar-refractivity contribution in [3.63, 3.8) is 0 Å². The smallest absolute Gasteiger partial charge is 0.209 e. The zero-order valence-corrected chi connectivity index (χ0v) is 12.4. The van der Waals surface area contributed by atoms with E-state index in [4.69, 9.17) is 9.47 Å². The fraction of sp³-hybridized carbons (Fsp3) is 0.158. The number of aromatic nitrogens is 1. The van der Waals surface area contributed by atoms with E-state index in [1.54, 1.807) is 18.3 Å². The molecule has 1 aliphatic heterocycles. The van der Waals surface area contributed by atoms with Gasteiger partial charge < -0.3 is 9.47 Å². The molecule has 1 unspecified atom stereocenters. The van der Waals surface area contributed by atoms with Crippen molar-refractivity contribution in [3.05, 3.63) is 78.7 Å². The van der Waals surface area contributed by atoms with Crippen molar-refractivity contribution >= 4 is 5.78 Å². The van der Waals surface area contributed by atoms with Gasteiger partial charge in [0, 0.05) is 12.4 Å². The summed E-state index contributed by atoms with van der Waals surface area (Å²) in [5.74, 6) is -0.951. The van der Waals surface area contributed by atoms with Gasteiger partial charge in [-0.2, -0.15) is 0 Å². The molecule has 4 heteroatoms. The zero-order chi connectivity index (χ0) is 15.7. The van der Waals surface area contributed by atoms with Crippen molar-refractivity contribution in [1.29, 1.82) is 0 Å². The van der Waals surface area contributed by atoms with Gasteiger partial charge in [0.15, 0.2) is 5.78 Å². The normalized spacial score (nSPS) is 21.9.